The number of hydrogen-bond acceptors (Lipinski definition) is 6. The van der Waals surface area contributed by atoms with Gasteiger partial charge in [-0.3, -0.25) is 9.59 Å². The molecule has 21 heavy (non-hydrogen) atoms. The molecular weight excluding hydrogens is 302 g/mol. The van der Waals surface area contributed by atoms with E-state index in [9.17, 15) is 19.2 Å². The maximum absolute atomic E-state index is 11.5. The molecule has 0 aromatic rings. The number of amides is 2. The molecule has 0 radical (unpaired) electrons. The minimum atomic E-state index is -0.968. The summed E-state index contributed by atoms with van der Waals surface area (Å²) in [6.45, 7) is 3.51. The van der Waals surface area contributed by atoms with Gasteiger partial charge < -0.3 is 9.57 Å². The lowest BCUT2D eigenvalue weighted by molar-refractivity contribution is -0.197. The zero-order valence-electron chi connectivity index (χ0n) is 11.4. The van der Waals surface area contributed by atoms with Crippen LogP contribution in [-0.4, -0.2) is 40.8 Å². The van der Waals surface area contributed by atoms with Crippen molar-refractivity contribution < 1.29 is 28.8 Å². The SMILES string of the molecule is C=CC(=O)OCCCCCC(=O)ON1C(=O)CC(Cl)C1=O. The molecule has 0 bridgehead atoms. The Morgan fingerprint density at radius 2 is 2.05 bits per heavy atom. The second kappa shape index (κ2) is 8.41. The van der Waals surface area contributed by atoms with Crippen LogP contribution in [0.1, 0.15) is 32.1 Å². The highest BCUT2D eigenvalue weighted by molar-refractivity contribution is 6.35. The van der Waals surface area contributed by atoms with Crippen LogP contribution in [0, 0.1) is 0 Å². The fourth-order valence-electron chi connectivity index (χ4n) is 1.60. The van der Waals surface area contributed by atoms with Gasteiger partial charge in [0.25, 0.3) is 11.8 Å². The number of alkyl halides is 1. The first-order valence-corrected chi connectivity index (χ1v) is 6.90. The van der Waals surface area contributed by atoms with Gasteiger partial charge in [0.05, 0.1) is 13.0 Å². The molecule has 0 aromatic heterocycles. The number of ether oxygens (including phenoxy) is 1. The van der Waals surface area contributed by atoms with Gasteiger partial charge in [0.1, 0.15) is 5.38 Å². The Hall–Kier alpha value is -1.89. The van der Waals surface area contributed by atoms with Crippen LogP contribution in [0.2, 0.25) is 0 Å². The number of hydrogen-bond donors (Lipinski definition) is 0. The van der Waals surface area contributed by atoms with E-state index in [2.05, 4.69) is 11.4 Å². The molecule has 1 fully saturated rings. The van der Waals surface area contributed by atoms with Crippen molar-refractivity contribution in [2.75, 3.05) is 6.61 Å². The highest BCUT2D eigenvalue weighted by Crippen LogP contribution is 2.19. The maximum atomic E-state index is 11.5. The van der Waals surface area contributed by atoms with Gasteiger partial charge in [0.15, 0.2) is 0 Å². The lowest BCUT2D eigenvalue weighted by Crippen LogP contribution is -2.33. The van der Waals surface area contributed by atoms with Gasteiger partial charge in [0.2, 0.25) is 0 Å². The number of esters is 1. The first kappa shape index (κ1) is 17.2. The highest BCUT2D eigenvalue weighted by Gasteiger charge is 2.40. The predicted octanol–water partition coefficient (Wildman–Crippen LogP) is 1.10. The molecule has 1 saturated heterocycles. The zero-order valence-corrected chi connectivity index (χ0v) is 12.1. The van der Waals surface area contributed by atoms with E-state index in [1.165, 1.54) is 0 Å². The van der Waals surface area contributed by atoms with Crippen molar-refractivity contribution in [3.8, 4) is 0 Å². The van der Waals surface area contributed by atoms with Crippen LogP contribution >= 0.6 is 11.6 Å². The van der Waals surface area contributed by atoms with E-state index in [0.717, 1.165) is 6.08 Å². The summed E-state index contributed by atoms with van der Waals surface area (Å²) >= 11 is 5.58. The Morgan fingerprint density at radius 1 is 1.33 bits per heavy atom. The number of rotatable bonds is 8. The van der Waals surface area contributed by atoms with E-state index in [0.29, 0.717) is 24.3 Å². The summed E-state index contributed by atoms with van der Waals surface area (Å²) in [5.41, 5.74) is 0. The van der Waals surface area contributed by atoms with Gasteiger partial charge in [-0.25, -0.2) is 9.59 Å². The average molecular weight is 318 g/mol. The first-order chi connectivity index (χ1) is 9.95. The van der Waals surface area contributed by atoms with Crippen molar-refractivity contribution in [3.63, 3.8) is 0 Å². The molecule has 1 heterocycles. The minimum absolute atomic E-state index is 0.0550. The third-order valence-corrected chi connectivity index (χ3v) is 3.02. The summed E-state index contributed by atoms with van der Waals surface area (Å²) in [4.78, 5) is 49.6. The third-order valence-electron chi connectivity index (χ3n) is 2.68. The summed E-state index contributed by atoms with van der Waals surface area (Å²) in [6.07, 6.45) is 2.69. The van der Waals surface area contributed by atoms with Crippen molar-refractivity contribution in [2.45, 2.75) is 37.5 Å². The molecule has 2 amide bonds. The van der Waals surface area contributed by atoms with E-state index < -0.39 is 29.1 Å². The number of hydroxylamine groups is 2. The van der Waals surface area contributed by atoms with Crippen LogP contribution in [0.5, 0.6) is 0 Å². The summed E-state index contributed by atoms with van der Waals surface area (Å²) in [7, 11) is 0. The normalized spacial score (nSPS) is 17.8. The van der Waals surface area contributed by atoms with Gasteiger partial charge in [0, 0.05) is 12.5 Å². The second-order valence-corrected chi connectivity index (χ2v) is 4.87. The largest absolute Gasteiger partial charge is 0.463 e. The van der Waals surface area contributed by atoms with Crippen LogP contribution < -0.4 is 0 Å². The fourth-order valence-corrected chi connectivity index (χ4v) is 1.82. The third kappa shape index (κ3) is 5.55. The van der Waals surface area contributed by atoms with Crippen molar-refractivity contribution in [1.82, 2.24) is 5.06 Å². The summed E-state index contributed by atoms with van der Waals surface area (Å²) < 4.78 is 4.76. The maximum Gasteiger partial charge on any atom is 0.333 e. The number of halogens is 1. The number of imide groups is 1. The fraction of sp³-hybridized carbons (Fsp3) is 0.538. The molecule has 8 heteroatoms. The summed E-state index contributed by atoms with van der Waals surface area (Å²) in [5.74, 6) is -2.50. The molecule has 1 aliphatic rings. The van der Waals surface area contributed by atoms with Gasteiger partial charge in [-0.2, -0.15) is 0 Å². The summed E-state index contributed by atoms with van der Waals surface area (Å²) in [5, 5.41) is -0.545. The van der Waals surface area contributed by atoms with Crippen LogP contribution in [0.3, 0.4) is 0 Å². The van der Waals surface area contributed by atoms with E-state index in [4.69, 9.17) is 16.3 Å². The Balaban J connectivity index is 2.14. The Bertz CT molecular complexity index is 450. The number of carbonyl (C=O) groups is 4. The Morgan fingerprint density at radius 3 is 2.62 bits per heavy atom. The average Bonchev–Trinajstić information content (AvgIpc) is 2.68. The standard InChI is InChI=1S/C13H16ClNO6/c1-2-11(17)20-7-5-3-4-6-12(18)21-15-10(16)8-9(14)13(15)19/h2,9H,1,3-8H2. The van der Waals surface area contributed by atoms with Gasteiger partial charge in [-0.15, -0.1) is 16.7 Å². The van der Waals surface area contributed by atoms with Crippen LogP contribution in [0.25, 0.3) is 0 Å². The van der Waals surface area contributed by atoms with E-state index in [1.54, 1.807) is 0 Å². The van der Waals surface area contributed by atoms with E-state index in [1.807, 2.05) is 0 Å². The number of nitrogens with zero attached hydrogens (tertiary/aromatic N) is 1. The Labute approximate surface area is 126 Å². The van der Waals surface area contributed by atoms with Crippen LogP contribution in [-0.2, 0) is 28.8 Å². The molecule has 0 spiro atoms. The predicted molar refractivity (Wildman–Crippen MR) is 71.8 cm³/mol. The smallest absolute Gasteiger partial charge is 0.333 e. The van der Waals surface area contributed by atoms with E-state index >= 15 is 0 Å². The second-order valence-electron chi connectivity index (χ2n) is 4.34. The zero-order chi connectivity index (χ0) is 15.8. The minimum Gasteiger partial charge on any atom is -0.463 e. The van der Waals surface area contributed by atoms with Crippen molar-refractivity contribution in [2.24, 2.45) is 0 Å². The molecule has 7 nitrogen and oxygen atoms in total. The molecule has 1 aliphatic heterocycles. The van der Waals surface area contributed by atoms with Crippen molar-refractivity contribution in [3.05, 3.63) is 12.7 Å². The van der Waals surface area contributed by atoms with Gasteiger partial charge in [-0.05, 0) is 19.3 Å². The molecular formula is C13H16ClNO6. The van der Waals surface area contributed by atoms with Crippen LogP contribution in [0.4, 0.5) is 0 Å². The molecule has 0 saturated carbocycles. The topological polar surface area (TPSA) is 90.0 Å². The summed E-state index contributed by atoms with van der Waals surface area (Å²) in [6, 6.07) is 0. The number of carbonyl (C=O) groups excluding carboxylic acids is 4. The quantitative estimate of drug-likeness (QED) is 0.219. The van der Waals surface area contributed by atoms with Crippen molar-refractivity contribution >= 4 is 35.4 Å². The van der Waals surface area contributed by atoms with Gasteiger partial charge in [-0.1, -0.05) is 6.58 Å². The van der Waals surface area contributed by atoms with E-state index in [-0.39, 0.29) is 19.4 Å². The molecule has 116 valence electrons. The van der Waals surface area contributed by atoms with Gasteiger partial charge >= 0.3 is 11.9 Å². The van der Waals surface area contributed by atoms with Crippen molar-refractivity contribution in [1.29, 1.82) is 0 Å². The lowest BCUT2D eigenvalue weighted by Gasteiger charge is -2.12. The molecule has 1 rings (SSSR count). The monoisotopic (exact) mass is 317 g/mol. The molecule has 0 aromatic carbocycles. The molecule has 1 atom stereocenters. The highest BCUT2D eigenvalue weighted by atomic mass is 35.5. The molecule has 1 unspecified atom stereocenters. The Kier molecular flexibility index (Phi) is 6.87. The lowest BCUT2D eigenvalue weighted by atomic mass is 10.2. The first-order valence-electron chi connectivity index (χ1n) is 6.46. The van der Waals surface area contributed by atoms with Crippen LogP contribution in [0.15, 0.2) is 12.7 Å². The number of unbranched alkanes of at least 4 members (excludes halogenated alkanes) is 2. The molecule has 0 aliphatic carbocycles. The molecule has 0 N–H and O–H groups in total.